The zero-order valence-electron chi connectivity index (χ0n) is 16.5. The molecule has 0 fully saturated rings. The molecule has 0 radical (unpaired) electrons. The number of benzene rings is 3. The summed E-state index contributed by atoms with van der Waals surface area (Å²) in [6.45, 7) is 0.150. The Morgan fingerprint density at radius 1 is 1.13 bits per heavy atom. The Morgan fingerprint density at radius 2 is 1.87 bits per heavy atom. The molecular weight excluding hydrogens is 449 g/mol. The first-order valence-electron chi connectivity index (χ1n) is 9.68. The lowest BCUT2D eigenvalue weighted by Crippen LogP contribution is -2.39. The van der Waals surface area contributed by atoms with Crippen LogP contribution in [0.4, 0.5) is 14.9 Å². The first-order valence-corrected chi connectivity index (χ1v) is 10.5. The maximum Gasteiger partial charge on any atom is 0.415 e. The fraction of sp³-hybridized carbons (Fsp3) is 0.208. The fourth-order valence-corrected chi connectivity index (χ4v) is 4.20. The maximum absolute atomic E-state index is 14.6. The Hall–Kier alpha value is -2.86. The van der Waals surface area contributed by atoms with Crippen molar-refractivity contribution in [1.82, 2.24) is 0 Å². The van der Waals surface area contributed by atoms with Crippen molar-refractivity contribution < 1.29 is 18.7 Å². The van der Waals surface area contributed by atoms with Crippen LogP contribution in [0.5, 0.6) is 5.75 Å². The minimum absolute atomic E-state index is 0.150. The zero-order chi connectivity index (χ0) is 21.1. The number of amides is 1. The van der Waals surface area contributed by atoms with Crippen LogP contribution in [0.2, 0.25) is 0 Å². The van der Waals surface area contributed by atoms with Gasteiger partial charge in [0.05, 0.1) is 18.8 Å². The first kappa shape index (κ1) is 20.4. The Morgan fingerprint density at radius 3 is 2.57 bits per heavy atom. The molecule has 3 aromatic rings. The number of carbonyl (C=O) groups is 1. The standard InChI is InChI=1S/C24H21BrFNO3/c1-29-19-9-7-17(8-10-19)22-12-11-20-21(26)13-18(25)14-23(20)27(22)24(28)30-15-16-5-3-2-4-6-16/h2-10,13-14,22H,11-12,15H2,1H3. The Bertz CT molecular complexity index is 1040. The molecule has 6 heteroatoms. The molecule has 1 aliphatic rings. The zero-order valence-corrected chi connectivity index (χ0v) is 18.1. The van der Waals surface area contributed by atoms with Crippen LogP contribution in [-0.4, -0.2) is 13.2 Å². The van der Waals surface area contributed by atoms with Gasteiger partial charge < -0.3 is 9.47 Å². The summed E-state index contributed by atoms with van der Waals surface area (Å²) in [5.41, 5.74) is 2.90. The molecule has 30 heavy (non-hydrogen) atoms. The number of halogens is 2. The third-order valence-corrected chi connectivity index (χ3v) is 5.74. The molecule has 1 heterocycles. The van der Waals surface area contributed by atoms with Gasteiger partial charge in [-0.2, -0.15) is 0 Å². The van der Waals surface area contributed by atoms with E-state index in [1.807, 2.05) is 54.6 Å². The van der Waals surface area contributed by atoms with Gasteiger partial charge in [-0.05, 0) is 48.2 Å². The molecule has 1 unspecified atom stereocenters. The Kier molecular flexibility index (Phi) is 6.04. The van der Waals surface area contributed by atoms with Gasteiger partial charge in [-0.3, -0.25) is 4.90 Å². The largest absolute Gasteiger partial charge is 0.497 e. The second-order valence-electron chi connectivity index (χ2n) is 7.12. The fourth-order valence-electron chi connectivity index (χ4n) is 3.79. The highest BCUT2D eigenvalue weighted by molar-refractivity contribution is 9.10. The van der Waals surface area contributed by atoms with E-state index in [0.29, 0.717) is 28.6 Å². The minimum atomic E-state index is -0.502. The van der Waals surface area contributed by atoms with E-state index in [-0.39, 0.29) is 18.5 Å². The highest BCUT2D eigenvalue weighted by Crippen LogP contribution is 2.42. The molecule has 0 saturated heterocycles. The SMILES string of the molecule is COc1ccc(C2CCc3c(F)cc(Br)cc3N2C(=O)OCc2ccccc2)cc1. The predicted octanol–water partition coefficient (Wildman–Crippen LogP) is 6.43. The number of methoxy groups -OCH3 is 1. The van der Waals surface area contributed by atoms with Gasteiger partial charge in [-0.15, -0.1) is 0 Å². The Labute approximate surface area is 183 Å². The number of fused-ring (bicyclic) bond motifs is 1. The second kappa shape index (κ2) is 8.88. The van der Waals surface area contributed by atoms with Gasteiger partial charge >= 0.3 is 6.09 Å². The van der Waals surface area contributed by atoms with Crippen LogP contribution in [0.3, 0.4) is 0 Å². The average Bonchev–Trinajstić information content (AvgIpc) is 2.77. The van der Waals surface area contributed by atoms with E-state index >= 15 is 0 Å². The van der Waals surface area contributed by atoms with Gasteiger partial charge in [0.2, 0.25) is 0 Å². The molecule has 1 atom stereocenters. The lowest BCUT2D eigenvalue weighted by molar-refractivity contribution is 0.143. The number of hydrogen-bond donors (Lipinski definition) is 0. The Balaban J connectivity index is 1.69. The summed E-state index contributed by atoms with van der Waals surface area (Å²) in [5.74, 6) is 0.412. The van der Waals surface area contributed by atoms with Crippen molar-refractivity contribution in [3.63, 3.8) is 0 Å². The van der Waals surface area contributed by atoms with E-state index in [4.69, 9.17) is 9.47 Å². The van der Waals surface area contributed by atoms with Gasteiger partial charge in [0, 0.05) is 10.0 Å². The summed E-state index contributed by atoms with van der Waals surface area (Å²) >= 11 is 3.35. The molecule has 0 spiro atoms. The quantitative estimate of drug-likeness (QED) is 0.441. The molecule has 0 aromatic heterocycles. The number of carbonyl (C=O) groups excluding carboxylic acids is 1. The number of anilines is 1. The monoisotopic (exact) mass is 469 g/mol. The molecule has 4 nitrogen and oxygen atoms in total. The third-order valence-electron chi connectivity index (χ3n) is 5.28. The predicted molar refractivity (Wildman–Crippen MR) is 117 cm³/mol. The summed E-state index contributed by atoms with van der Waals surface area (Å²) in [7, 11) is 1.61. The molecule has 4 rings (SSSR count). The van der Waals surface area contributed by atoms with Crippen LogP contribution in [0, 0.1) is 5.82 Å². The summed E-state index contributed by atoms with van der Waals surface area (Å²) in [6, 6.07) is 20.0. The molecule has 154 valence electrons. The van der Waals surface area contributed by atoms with Gasteiger partial charge in [-0.25, -0.2) is 9.18 Å². The summed E-state index contributed by atoms with van der Waals surface area (Å²) in [4.78, 5) is 14.8. The number of rotatable bonds is 4. The lowest BCUT2D eigenvalue weighted by Gasteiger charge is -2.37. The van der Waals surface area contributed by atoms with E-state index in [1.165, 1.54) is 6.07 Å². The summed E-state index contributed by atoms with van der Waals surface area (Å²) in [5, 5.41) is 0. The molecule has 0 bridgehead atoms. The van der Waals surface area contributed by atoms with Crippen LogP contribution in [-0.2, 0) is 17.8 Å². The normalized spacial score (nSPS) is 15.4. The van der Waals surface area contributed by atoms with Crippen molar-refractivity contribution in [3.05, 3.63) is 93.7 Å². The lowest BCUT2D eigenvalue weighted by atomic mass is 9.91. The molecule has 3 aromatic carbocycles. The highest BCUT2D eigenvalue weighted by atomic mass is 79.9. The topological polar surface area (TPSA) is 38.8 Å². The van der Waals surface area contributed by atoms with E-state index in [1.54, 1.807) is 18.1 Å². The van der Waals surface area contributed by atoms with Gasteiger partial charge in [-0.1, -0.05) is 58.4 Å². The molecule has 1 amide bonds. The molecule has 0 aliphatic carbocycles. The number of hydrogen-bond acceptors (Lipinski definition) is 3. The summed E-state index contributed by atoms with van der Waals surface area (Å²) in [6.07, 6.45) is 0.629. The molecule has 0 N–H and O–H groups in total. The number of nitrogens with zero attached hydrogens (tertiary/aromatic N) is 1. The van der Waals surface area contributed by atoms with E-state index in [9.17, 15) is 9.18 Å². The first-order chi connectivity index (χ1) is 14.6. The third kappa shape index (κ3) is 4.19. The van der Waals surface area contributed by atoms with Crippen molar-refractivity contribution >= 4 is 27.7 Å². The van der Waals surface area contributed by atoms with Crippen molar-refractivity contribution in [2.24, 2.45) is 0 Å². The van der Waals surface area contributed by atoms with E-state index < -0.39 is 6.09 Å². The molecule has 1 aliphatic heterocycles. The summed E-state index contributed by atoms with van der Waals surface area (Å²) < 4.78 is 26.1. The van der Waals surface area contributed by atoms with Crippen LogP contribution in [0.15, 0.2) is 71.2 Å². The van der Waals surface area contributed by atoms with Crippen LogP contribution < -0.4 is 9.64 Å². The highest BCUT2D eigenvalue weighted by Gasteiger charge is 2.35. The molecule has 0 saturated carbocycles. The van der Waals surface area contributed by atoms with Crippen LogP contribution in [0.25, 0.3) is 0 Å². The van der Waals surface area contributed by atoms with Crippen molar-refractivity contribution in [1.29, 1.82) is 0 Å². The van der Waals surface area contributed by atoms with Crippen molar-refractivity contribution in [3.8, 4) is 5.75 Å². The second-order valence-corrected chi connectivity index (χ2v) is 8.04. The minimum Gasteiger partial charge on any atom is -0.497 e. The molecular formula is C24H21BrFNO3. The smallest absolute Gasteiger partial charge is 0.415 e. The van der Waals surface area contributed by atoms with Crippen molar-refractivity contribution in [2.75, 3.05) is 12.0 Å². The van der Waals surface area contributed by atoms with Gasteiger partial charge in [0.25, 0.3) is 0 Å². The van der Waals surface area contributed by atoms with Gasteiger partial charge in [0.1, 0.15) is 18.2 Å². The van der Waals surface area contributed by atoms with E-state index in [2.05, 4.69) is 15.9 Å². The maximum atomic E-state index is 14.6. The number of ether oxygens (including phenoxy) is 2. The van der Waals surface area contributed by atoms with Gasteiger partial charge in [0.15, 0.2) is 0 Å². The van der Waals surface area contributed by atoms with Crippen molar-refractivity contribution in [2.45, 2.75) is 25.5 Å². The van der Waals surface area contributed by atoms with Crippen LogP contribution in [0.1, 0.15) is 29.2 Å². The van der Waals surface area contributed by atoms with E-state index in [0.717, 1.165) is 16.9 Å². The average molecular weight is 470 g/mol. The van der Waals surface area contributed by atoms with Crippen LogP contribution >= 0.6 is 15.9 Å².